The van der Waals surface area contributed by atoms with Crippen molar-refractivity contribution in [2.24, 2.45) is 5.16 Å². The van der Waals surface area contributed by atoms with E-state index in [0.717, 1.165) is 36.4 Å². The molecule has 24 heavy (non-hydrogen) atoms. The summed E-state index contributed by atoms with van der Waals surface area (Å²) in [6, 6.07) is 4.01. The summed E-state index contributed by atoms with van der Waals surface area (Å²) in [5.41, 5.74) is 2.28. The van der Waals surface area contributed by atoms with E-state index in [4.69, 9.17) is 19.0 Å². The van der Waals surface area contributed by atoms with Gasteiger partial charge in [-0.2, -0.15) is 0 Å². The highest BCUT2D eigenvalue weighted by Gasteiger charge is 2.26. The Morgan fingerprint density at radius 2 is 2.08 bits per heavy atom. The van der Waals surface area contributed by atoms with Gasteiger partial charge >= 0.3 is 0 Å². The Morgan fingerprint density at radius 3 is 2.92 bits per heavy atom. The van der Waals surface area contributed by atoms with E-state index in [2.05, 4.69) is 10.1 Å². The predicted molar refractivity (Wildman–Crippen MR) is 90.0 cm³/mol. The van der Waals surface area contributed by atoms with Crippen molar-refractivity contribution in [1.29, 1.82) is 0 Å². The van der Waals surface area contributed by atoms with Crippen LogP contribution in [0, 0.1) is 0 Å². The fourth-order valence-corrected chi connectivity index (χ4v) is 3.63. The highest BCUT2D eigenvalue weighted by Crippen LogP contribution is 2.42. The number of hydrogen-bond acceptors (Lipinski definition) is 6. The van der Waals surface area contributed by atoms with Crippen LogP contribution in [-0.4, -0.2) is 50.3 Å². The highest BCUT2D eigenvalue weighted by atomic mass is 16.7. The monoisotopic (exact) mass is 332 g/mol. The standard InChI is InChI=1S/C18H24N2O4/c1-21-16-8-13(9-17-18(16)23-12-22-17)7-15-10-14(19-24-15)11-20-5-3-2-4-6-20/h8-9,15H,2-7,10-12H2,1H3. The minimum absolute atomic E-state index is 0.0925. The zero-order valence-electron chi connectivity index (χ0n) is 14.1. The largest absolute Gasteiger partial charge is 0.493 e. The van der Waals surface area contributed by atoms with E-state index >= 15 is 0 Å². The van der Waals surface area contributed by atoms with Gasteiger partial charge in [0.25, 0.3) is 0 Å². The zero-order valence-corrected chi connectivity index (χ0v) is 14.1. The van der Waals surface area contributed by atoms with Gasteiger partial charge in [-0.05, 0) is 43.6 Å². The van der Waals surface area contributed by atoms with Gasteiger partial charge in [-0.25, -0.2) is 0 Å². The Hall–Kier alpha value is -1.95. The first-order valence-electron chi connectivity index (χ1n) is 8.72. The summed E-state index contributed by atoms with van der Waals surface area (Å²) in [4.78, 5) is 8.14. The summed E-state index contributed by atoms with van der Waals surface area (Å²) < 4.78 is 16.3. The van der Waals surface area contributed by atoms with Crippen molar-refractivity contribution < 1.29 is 19.0 Å². The molecular weight excluding hydrogens is 308 g/mol. The molecule has 1 unspecified atom stereocenters. The zero-order chi connectivity index (χ0) is 16.4. The molecule has 3 aliphatic heterocycles. The van der Waals surface area contributed by atoms with Gasteiger partial charge in [-0.3, -0.25) is 4.90 Å². The topological polar surface area (TPSA) is 52.5 Å². The summed E-state index contributed by atoms with van der Waals surface area (Å²) in [7, 11) is 1.65. The summed E-state index contributed by atoms with van der Waals surface area (Å²) >= 11 is 0. The lowest BCUT2D eigenvalue weighted by Gasteiger charge is -2.25. The van der Waals surface area contributed by atoms with Crippen LogP contribution in [0.25, 0.3) is 0 Å². The van der Waals surface area contributed by atoms with Crippen LogP contribution in [0.4, 0.5) is 0 Å². The van der Waals surface area contributed by atoms with Crippen LogP contribution < -0.4 is 14.2 Å². The molecule has 1 aromatic rings. The van der Waals surface area contributed by atoms with E-state index < -0.39 is 0 Å². The van der Waals surface area contributed by atoms with Crippen molar-refractivity contribution in [3.8, 4) is 17.2 Å². The van der Waals surface area contributed by atoms with Gasteiger partial charge in [0, 0.05) is 19.4 Å². The van der Waals surface area contributed by atoms with Gasteiger partial charge in [0.15, 0.2) is 11.5 Å². The van der Waals surface area contributed by atoms with Crippen LogP contribution in [0.15, 0.2) is 17.3 Å². The second kappa shape index (κ2) is 6.89. The second-order valence-corrected chi connectivity index (χ2v) is 6.66. The third-order valence-corrected chi connectivity index (χ3v) is 4.83. The number of hydrogen-bond donors (Lipinski definition) is 0. The number of methoxy groups -OCH3 is 1. The minimum atomic E-state index is 0.0925. The molecule has 1 aromatic carbocycles. The van der Waals surface area contributed by atoms with Crippen LogP contribution >= 0.6 is 0 Å². The molecule has 1 saturated heterocycles. The van der Waals surface area contributed by atoms with Gasteiger partial charge in [-0.15, -0.1) is 0 Å². The molecule has 0 spiro atoms. The van der Waals surface area contributed by atoms with E-state index in [9.17, 15) is 0 Å². The van der Waals surface area contributed by atoms with Gasteiger partial charge in [0.2, 0.25) is 12.5 Å². The van der Waals surface area contributed by atoms with Crippen LogP contribution in [0.5, 0.6) is 17.2 Å². The number of likely N-dealkylation sites (tertiary alicyclic amines) is 1. The van der Waals surface area contributed by atoms with Crippen molar-refractivity contribution in [1.82, 2.24) is 4.90 Å². The molecule has 1 atom stereocenters. The van der Waals surface area contributed by atoms with Crippen molar-refractivity contribution in [2.45, 2.75) is 38.2 Å². The van der Waals surface area contributed by atoms with Crippen molar-refractivity contribution in [3.05, 3.63) is 17.7 Å². The average Bonchev–Trinajstić information content (AvgIpc) is 3.24. The number of benzene rings is 1. The highest BCUT2D eigenvalue weighted by molar-refractivity contribution is 5.87. The van der Waals surface area contributed by atoms with Crippen LogP contribution in [-0.2, 0) is 11.3 Å². The smallest absolute Gasteiger partial charge is 0.231 e. The molecule has 3 heterocycles. The Kier molecular flexibility index (Phi) is 4.47. The van der Waals surface area contributed by atoms with Crippen molar-refractivity contribution >= 4 is 5.71 Å². The maximum Gasteiger partial charge on any atom is 0.231 e. The van der Waals surface area contributed by atoms with Crippen LogP contribution in [0.1, 0.15) is 31.2 Å². The SMILES string of the molecule is COc1cc(CC2CC(CN3CCCCC3)=NO2)cc2c1OCO2. The van der Waals surface area contributed by atoms with E-state index in [0.29, 0.717) is 11.5 Å². The molecule has 6 heteroatoms. The lowest BCUT2D eigenvalue weighted by atomic mass is 10.0. The maximum atomic E-state index is 5.65. The van der Waals surface area contributed by atoms with Gasteiger partial charge in [-0.1, -0.05) is 11.6 Å². The van der Waals surface area contributed by atoms with E-state index in [1.807, 2.05) is 12.1 Å². The Morgan fingerprint density at radius 1 is 1.21 bits per heavy atom. The molecule has 0 aliphatic carbocycles. The number of oxime groups is 1. The lowest BCUT2D eigenvalue weighted by Crippen LogP contribution is -2.34. The van der Waals surface area contributed by atoms with Gasteiger partial charge < -0.3 is 19.0 Å². The van der Waals surface area contributed by atoms with Crippen LogP contribution in [0.3, 0.4) is 0 Å². The summed E-state index contributed by atoms with van der Waals surface area (Å²) in [5.74, 6) is 2.15. The van der Waals surface area contributed by atoms with Gasteiger partial charge in [0.05, 0.1) is 12.8 Å². The summed E-state index contributed by atoms with van der Waals surface area (Å²) in [6.07, 6.45) is 5.74. The first kappa shape index (κ1) is 15.6. The second-order valence-electron chi connectivity index (χ2n) is 6.66. The van der Waals surface area contributed by atoms with Crippen LogP contribution in [0.2, 0.25) is 0 Å². The number of ether oxygens (including phenoxy) is 3. The first-order chi connectivity index (χ1) is 11.8. The first-order valence-corrected chi connectivity index (χ1v) is 8.72. The molecule has 0 amide bonds. The molecular formula is C18H24N2O4. The lowest BCUT2D eigenvalue weighted by molar-refractivity contribution is 0.0858. The molecule has 6 nitrogen and oxygen atoms in total. The Balaban J connectivity index is 1.35. The van der Waals surface area contributed by atoms with Crippen molar-refractivity contribution in [3.63, 3.8) is 0 Å². The number of nitrogens with zero attached hydrogens (tertiary/aromatic N) is 2. The third-order valence-electron chi connectivity index (χ3n) is 4.83. The Bertz CT molecular complexity index is 626. The fourth-order valence-electron chi connectivity index (χ4n) is 3.63. The number of piperidine rings is 1. The quantitative estimate of drug-likeness (QED) is 0.829. The molecule has 0 radical (unpaired) electrons. The molecule has 0 N–H and O–H groups in total. The number of rotatable bonds is 5. The molecule has 130 valence electrons. The molecule has 3 aliphatic rings. The normalized spacial score (nSPS) is 23.0. The maximum absolute atomic E-state index is 5.65. The van der Waals surface area contributed by atoms with Crippen molar-refractivity contribution in [2.75, 3.05) is 33.5 Å². The minimum Gasteiger partial charge on any atom is -0.493 e. The molecule has 0 saturated carbocycles. The molecule has 1 fully saturated rings. The number of fused-ring (bicyclic) bond motifs is 1. The third kappa shape index (κ3) is 3.29. The predicted octanol–water partition coefficient (Wildman–Crippen LogP) is 2.60. The molecule has 0 aromatic heterocycles. The van der Waals surface area contributed by atoms with E-state index in [-0.39, 0.29) is 12.9 Å². The fraction of sp³-hybridized carbons (Fsp3) is 0.611. The van der Waals surface area contributed by atoms with E-state index in [1.165, 1.54) is 32.4 Å². The van der Waals surface area contributed by atoms with E-state index in [1.54, 1.807) is 7.11 Å². The molecule has 4 rings (SSSR count). The summed E-state index contributed by atoms with van der Waals surface area (Å²) in [6.45, 7) is 3.56. The molecule has 0 bridgehead atoms. The van der Waals surface area contributed by atoms with Gasteiger partial charge in [0.1, 0.15) is 6.10 Å². The average molecular weight is 332 g/mol. The Labute approximate surface area is 142 Å². The summed E-state index contributed by atoms with van der Waals surface area (Å²) in [5, 5.41) is 4.31.